The summed E-state index contributed by atoms with van der Waals surface area (Å²) in [5, 5.41) is 3.00. The molecule has 0 aromatic heterocycles. The van der Waals surface area contributed by atoms with E-state index in [9.17, 15) is 4.79 Å². The monoisotopic (exact) mass is 205 g/mol. The molecule has 0 saturated carbocycles. The minimum absolute atomic E-state index is 0.149. The summed E-state index contributed by atoms with van der Waals surface area (Å²) < 4.78 is 4.59. The molecule has 0 aliphatic carbocycles. The molecule has 0 aliphatic heterocycles. The Balaban J connectivity index is 3.66. The fraction of sp³-hybridized carbons (Fsp3) is 0.889. The fourth-order valence-corrected chi connectivity index (χ4v) is 1.02. The number of carbonyl (C=O) groups excluding carboxylic acids is 1. The van der Waals surface area contributed by atoms with Crippen LogP contribution in [0.2, 0.25) is 0 Å². The molecular weight excluding hydrogens is 186 g/mol. The molecule has 0 bridgehead atoms. The number of carbonyl (C=O) groups is 1. The lowest BCUT2D eigenvalue weighted by molar-refractivity contribution is -0.277. The molecule has 14 heavy (non-hydrogen) atoms. The van der Waals surface area contributed by atoms with Crippen LogP contribution in [0.15, 0.2) is 0 Å². The lowest BCUT2D eigenvalue weighted by atomic mass is 9.89. The third-order valence-corrected chi connectivity index (χ3v) is 1.73. The molecule has 1 N–H and O–H groups in total. The van der Waals surface area contributed by atoms with Gasteiger partial charge < -0.3 is 4.74 Å². The Bertz CT molecular complexity index is 170. The summed E-state index contributed by atoms with van der Waals surface area (Å²) in [6.07, 6.45) is 0.378. The van der Waals surface area contributed by atoms with Crippen molar-refractivity contribution >= 4 is 5.97 Å². The Kier molecular flexibility index (Phi) is 6.44. The largest absolute Gasteiger partial charge is 0.469 e. The van der Waals surface area contributed by atoms with Crippen LogP contribution < -0.4 is 5.32 Å². The molecule has 0 aromatic carbocycles. The van der Waals surface area contributed by atoms with E-state index in [1.54, 1.807) is 0 Å². The van der Waals surface area contributed by atoms with Crippen LogP contribution in [0.25, 0.3) is 0 Å². The van der Waals surface area contributed by atoms with Gasteiger partial charge >= 0.3 is 5.97 Å². The minimum Gasteiger partial charge on any atom is -0.469 e. The van der Waals surface area contributed by atoms with Crippen molar-refractivity contribution < 1.29 is 19.3 Å². The second-order valence-electron chi connectivity index (χ2n) is 3.77. The van der Waals surface area contributed by atoms with E-state index in [-0.39, 0.29) is 11.4 Å². The molecule has 0 aliphatic rings. The van der Waals surface area contributed by atoms with Gasteiger partial charge in [-0.05, 0) is 5.41 Å². The molecule has 0 unspecified atom stereocenters. The van der Waals surface area contributed by atoms with E-state index >= 15 is 0 Å². The highest BCUT2D eigenvalue weighted by atomic mass is 17.2. The Morgan fingerprint density at radius 3 is 2.50 bits per heavy atom. The van der Waals surface area contributed by atoms with Crippen molar-refractivity contribution in [3.63, 3.8) is 0 Å². The van der Waals surface area contributed by atoms with Gasteiger partial charge in [0.2, 0.25) is 0 Å². The van der Waals surface area contributed by atoms with E-state index in [1.807, 2.05) is 13.8 Å². The zero-order valence-corrected chi connectivity index (χ0v) is 9.25. The van der Waals surface area contributed by atoms with Gasteiger partial charge in [0.25, 0.3) is 0 Å². The molecule has 0 saturated heterocycles. The maximum atomic E-state index is 11.0. The van der Waals surface area contributed by atoms with E-state index < -0.39 is 0 Å². The molecule has 0 atom stereocenters. The highest BCUT2D eigenvalue weighted by Crippen LogP contribution is 2.19. The molecule has 0 aromatic rings. The van der Waals surface area contributed by atoms with Gasteiger partial charge in [-0.15, -0.1) is 0 Å². The van der Waals surface area contributed by atoms with Crippen molar-refractivity contribution in [2.24, 2.45) is 5.41 Å². The van der Waals surface area contributed by atoms with Gasteiger partial charge in [0.15, 0.2) is 0 Å². The summed E-state index contributed by atoms with van der Waals surface area (Å²) >= 11 is 0. The molecule has 0 amide bonds. The summed E-state index contributed by atoms with van der Waals surface area (Å²) in [5.41, 5.74) is -0.149. The Morgan fingerprint density at radius 1 is 1.36 bits per heavy atom. The second kappa shape index (κ2) is 6.75. The molecule has 84 valence electrons. The van der Waals surface area contributed by atoms with Gasteiger partial charge in [-0.1, -0.05) is 13.8 Å². The van der Waals surface area contributed by atoms with Crippen molar-refractivity contribution in [3.05, 3.63) is 0 Å². The Labute approximate surface area is 84.6 Å². The van der Waals surface area contributed by atoms with E-state index in [0.29, 0.717) is 19.7 Å². The number of hydrogen-bond acceptors (Lipinski definition) is 5. The van der Waals surface area contributed by atoms with Crippen molar-refractivity contribution in [2.45, 2.75) is 20.3 Å². The average Bonchev–Trinajstić information content (AvgIpc) is 2.12. The SMILES string of the molecule is COOCNCC(C)(C)CC(=O)OC. The van der Waals surface area contributed by atoms with Crippen LogP contribution in [-0.2, 0) is 19.3 Å². The molecule has 0 heterocycles. The highest BCUT2D eigenvalue weighted by Gasteiger charge is 2.21. The molecule has 0 radical (unpaired) electrons. The maximum Gasteiger partial charge on any atom is 0.306 e. The molecular formula is C9H19NO4. The van der Waals surface area contributed by atoms with Crippen molar-refractivity contribution in [1.29, 1.82) is 0 Å². The summed E-state index contributed by atoms with van der Waals surface area (Å²) in [6, 6.07) is 0. The predicted molar refractivity (Wildman–Crippen MR) is 51.4 cm³/mol. The number of rotatable bonds is 7. The quantitative estimate of drug-likeness (QED) is 0.218. The Morgan fingerprint density at radius 2 is 2.00 bits per heavy atom. The minimum atomic E-state index is -0.204. The highest BCUT2D eigenvalue weighted by molar-refractivity contribution is 5.69. The van der Waals surface area contributed by atoms with Crippen LogP contribution in [0.5, 0.6) is 0 Å². The van der Waals surface area contributed by atoms with Gasteiger partial charge in [0, 0.05) is 6.54 Å². The first-order valence-electron chi connectivity index (χ1n) is 4.45. The second-order valence-corrected chi connectivity index (χ2v) is 3.77. The van der Waals surface area contributed by atoms with Gasteiger partial charge in [0.05, 0.1) is 20.6 Å². The summed E-state index contributed by atoms with van der Waals surface area (Å²) in [4.78, 5) is 20.0. The molecule has 0 fully saturated rings. The van der Waals surface area contributed by atoms with Crippen molar-refractivity contribution in [2.75, 3.05) is 27.5 Å². The van der Waals surface area contributed by atoms with E-state index in [1.165, 1.54) is 14.2 Å². The van der Waals surface area contributed by atoms with Crippen LogP contribution in [-0.4, -0.2) is 33.5 Å². The zero-order valence-electron chi connectivity index (χ0n) is 9.25. The summed E-state index contributed by atoms with van der Waals surface area (Å²) in [5.74, 6) is -0.204. The van der Waals surface area contributed by atoms with Crippen LogP contribution >= 0.6 is 0 Å². The number of ether oxygens (including phenoxy) is 1. The van der Waals surface area contributed by atoms with Crippen LogP contribution in [0.3, 0.4) is 0 Å². The van der Waals surface area contributed by atoms with Crippen LogP contribution in [0.4, 0.5) is 0 Å². The molecule has 5 nitrogen and oxygen atoms in total. The summed E-state index contributed by atoms with van der Waals surface area (Å²) in [7, 11) is 2.83. The van der Waals surface area contributed by atoms with Crippen LogP contribution in [0, 0.1) is 5.41 Å². The molecule has 0 spiro atoms. The normalized spacial score (nSPS) is 11.4. The van der Waals surface area contributed by atoms with E-state index in [4.69, 9.17) is 0 Å². The molecule has 0 rings (SSSR count). The maximum absolute atomic E-state index is 11.0. The topological polar surface area (TPSA) is 56.8 Å². The number of hydrogen-bond donors (Lipinski definition) is 1. The lowest BCUT2D eigenvalue weighted by Crippen LogP contribution is -2.33. The first kappa shape index (κ1) is 13.4. The number of nitrogens with one attached hydrogen (secondary N) is 1. The van der Waals surface area contributed by atoms with E-state index in [2.05, 4.69) is 19.8 Å². The van der Waals surface area contributed by atoms with Crippen molar-refractivity contribution in [1.82, 2.24) is 5.32 Å². The Hall–Kier alpha value is -0.650. The number of methoxy groups -OCH3 is 1. The third-order valence-electron chi connectivity index (χ3n) is 1.73. The third kappa shape index (κ3) is 6.82. The first-order chi connectivity index (χ1) is 6.52. The average molecular weight is 205 g/mol. The van der Waals surface area contributed by atoms with Crippen molar-refractivity contribution in [3.8, 4) is 0 Å². The van der Waals surface area contributed by atoms with E-state index in [0.717, 1.165) is 0 Å². The predicted octanol–water partition coefficient (Wildman–Crippen LogP) is 0.701. The smallest absolute Gasteiger partial charge is 0.306 e. The van der Waals surface area contributed by atoms with Gasteiger partial charge in [0.1, 0.15) is 6.73 Å². The van der Waals surface area contributed by atoms with Gasteiger partial charge in [-0.25, -0.2) is 9.78 Å². The zero-order chi connectivity index (χ0) is 11.0. The lowest BCUT2D eigenvalue weighted by Gasteiger charge is -2.23. The van der Waals surface area contributed by atoms with Crippen LogP contribution in [0.1, 0.15) is 20.3 Å². The first-order valence-corrected chi connectivity index (χ1v) is 4.45. The standard InChI is InChI=1S/C9H19NO4/c1-9(2,5-8(11)12-3)6-10-7-14-13-4/h10H,5-7H2,1-4H3. The fourth-order valence-electron chi connectivity index (χ4n) is 1.02. The summed E-state index contributed by atoms with van der Waals surface area (Å²) in [6.45, 7) is 4.92. The molecule has 5 heteroatoms. The van der Waals surface area contributed by atoms with Gasteiger partial charge in [-0.2, -0.15) is 0 Å². The van der Waals surface area contributed by atoms with Gasteiger partial charge in [-0.3, -0.25) is 10.1 Å². The number of esters is 1.